The summed E-state index contributed by atoms with van der Waals surface area (Å²) in [5.41, 5.74) is 5.48. The van der Waals surface area contributed by atoms with Crippen LogP contribution < -0.4 is 0 Å². The highest BCUT2D eigenvalue weighted by molar-refractivity contribution is 5.55. The Labute approximate surface area is 135 Å². The molecule has 0 heterocycles. The van der Waals surface area contributed by atoms with Gasteiger partial charge < -0.3 is 5.11 Å². The first-order valence-electron chi connectivity index (χ1n) is 8.60. The molecule has 0 fully saturated rings. The Bertz CT molecular complexity index is 563. The van der Waals surface area contributed by atoms with Crippen LogP contribution in [0.1, 0.15) is 77.0 Å². The minimum absolute atomic E-state index is 0.276. The Morgan fingerprint density at radius 1 is 1.27 bits per heavy atom. The van der Waals surface area contributed by atoms with Crippen LogP contribution in [0.3, 0.4) is 0 Å². The van der Waals surface area contributed by atoms with Crippen molar-refractivity contribution in [2.24, 2.45) is 5.41 Å². The average molecular weight is 298 g/mol. The van der Waals surface area contributed by atoms with E-state index in [0.717, 1.165) is 18.4 Å². The lowest BCUT2D eigenvalue weighted by atomic mass is 9.72. The highest BCUT2D eigenvalue weighted by Crippen LogP contribution is 2.41. The number of hydrogen-bond acceptors (Lipinski definition) is 1. The van der Waals surface area contributed by atoms with E-state index in [-0.39, 0.29) is 11.5 Å². The molecule has 22 heavy (non-hydrogen) atoms. The molecule has 1 heteroatoms. The van der Waals surface area contributed by atoms with Crippen molar-refractivity contribution in [3.05, 3.63) is 52.6 Å². The molecule has 1 aliphatic carbocycles. The molecule has 0 spiro atoms. The number of allylic oxidation sites excluding steroid dienone is 3. The lowest BCUT2D eigenvalue weighted by Gasteiger charge is -2.32. The smallest absolute Gasteiger partial charge is 0.0790 e. The molecule has 1 aromatic rings. The van der Waals surface area contributed by atoms with Gasteiger partial charge in [0.05, 0.1) is 6.10 Å². The topological polar surface area (TPSA) is 20.2 Å². The molecule has 0 aliphatic heterocycles. The van der Waals surface area contributed by atoms with Crippen molar-refractivity contribution in [2.75, 3.05) is 0 Å². The van der Waals surface area contributed by atoms with Crippen molar-refractivity contribution in [3.8, 4) is 0 Å². The van der Waals surface area contributed by atoms with Gasteiger partial charge >= 0.3 is 0 Å². The van der Waals surface area contributed by atoms with Gasteiger partial charge in [0.1, 0.15) is 0 Å². The second-order valence-corrected chi connectivity index (χ2v) is 7.24. The summed E-state index contributed by atoms with van der Waals surface area (Å²) in [6.07, 6.45) is 9.76. The molecule has 1 atom stereocenters. The Balaban J connectivity index is 2.21. The quantitative estimate of drug-likeness (QED) is 0.700. The van der Waals surface area contributed by atoms with E-state index in [4.69, 9.17) is 0 Å². The van der Waals surface area contributed by atoms with Crippen LogP contribution in [0.25, 0.3) is 6.08 Å². The van der Waals surface area contributed by atoms with Gasteiger partial charge in [-0.1, -0.05) is 63.1 Å². The molecule has 2 rings (SSSR count). The molecular formula is C21H30O. The third-order valence-corrected chi connectivity index (χ3v) is 4.84. The highest BCUT2D eigenvalue weighted by Gasteiger charge is 2.26. The van der Waals surface area contributed by atoms with E-state index in [9.17, 15) is 5.11 Å². The zero-order valence-corrected chi connectivity index (χ0v) is 14.5. The Kier molecular flexibility index (Phi) is 5.63. The lowest BCUT2D eigenvalue weighted by Crippen LogP contribution is -2.18. The Morgan fingerprint density at radius 3 is 2.73 bits per heavy atom. The predicted octanol–water partition coefficient (Wildman–Crippen LogP) is 6.06. The molecule has 0 bridgehead atoms. The van der Waals surface area contributed by atoms with Crippen LogP contribution in [0.4, 0.5) is 0 Å². The highest BCUT2D eigenvalue weighted by atomic mass is 16.3. The molecule has 0 saturated carbocycles. The fourth-order valence-electron chi connectivity index (χ4n) is 3.50. The molecule has 120 valence electrons. The van der Waals surface area contributed by atoms with E-state index in [1.54, 1.807) is 0 Å². The van der Waals surface area contributed by atoms with E-state index in [1.807, 2.05) is 12.1 Å². The molecular weight excluding hydrogens is 268 g/mol. The van der Waals surface area contributed by atoms with Crippen molar-refractivity contribution < 1.29 is 5.11 Å². The van der Waals surface area contributed by atoms with Gasteiger partial charge in [-0.3, -0.25) is 0 Å². The molecule has 1 aliphatic rings. The largest absolute Gasteiger partial charge is 0.388 e. The summed E-state index contributed by atoms with van der Waals surface area (Å²) in [5.74, 6) is 0. The van der Waals surface area contributed by atoms with Crippen LogP contribution in [-0.4, -0.2) is 5.11 Å². The monoisotopic (exact) mass is 298 g/mol. The van der Waals surface area contributed by atoms with Crippen LogP contribution in [-0.2, 0) is 0 Å². The molecule has 0 saturated heterocycles. The fourth-order valence-corrected chi connectivity index (χ4v) is 3.50. The van der Waals surface area contributed by atoms with E-state index in [1.165, 1.54) is 36.0 Å². The second kappa shape index (κ2) is 7.28. The third kappa shape index (κ3) is 4.10. The SMILES string of the molecule is CCCC(O)c1cccc(/C=C/C2=C(C)CCCC2(C)C)c1. The summed E-state index contributed by atoms with van der Waals surface area (Å²) in [6, 6.07) is 8.29. The first-order chi connectivity index (χ1) is 10.4. The van der Waals surface area contributed by atoms with Crippen molar-refractivity contribution in [3.63, 3.8) is 0 Å². The molecule has 0 aromatic heterocycles. The molecule has 1 aromatic carbocycles. The zero-order valence-electron chi connectivity index (χ0n) is 14.5. The van der Waals surface area contributed by atoms with Gasteiger partial charge in [-0.25, -0.2) is 0 Å². The van der Waals surface area contributed by atoms with Crippen LogP contribution >= 0.6 is 0 Å². The number of benzene rings is 1. The molecule has 0 radical (unpaired) electrons. The maximum absolute atomic E-state index is 10.2. The zero-order chi connectivity index (χ0) is 16.2. The van der Waals surface area contributed by atoms with Gasteiger partial charge in [0.15, 0.2) is 0 Å². The second-order valence-electron chi connectivity index (χ2n) is 7.24. The van der Waals surface area contributed by atoms with Gasteiger partial charge in [0.25, 0.3) is 0 Å². The standard InChI is InChI=1S/C21H30O/c1-5-8-20(22)18-11-6-10-17(15-18)12-13-19-16(2)9-7-14-21(19,3)4/h6,10-13,15,20,22H,5,7-9,14H2,1-4H3/b13-12+. The first-order valence-corrected chi connectivity index (χ1v) is 8.60. The van der Waals surface area contributed by atoms with E-state index in [0.29, 0.717) is 0 Å². The van der Waals surface area contributed by atoms with Crippen LogP contribution in [0.2, 0.25) is 0 Å². The van der Waals surface area contributed by atoms with Crippen molar-refractivity contribution >= 4 is 6.08 Å². The van der Waals surface area contributed by atoms with E-state index < -0.39 is 0 Å². The van der Waals surface area contributed by atoms with Gasteiger partial charge in [-0.2, -0.15) is 0 Å². The molecule has 1 unspecified atom stereocenters. The number of hydrogen-bond donors (Lipinski definition) is 1. The number of aliphatic hydroxyl groups is 1. The summed E-state index contributed by atoms with van der Waals surface area (Å²) < 4.78 is 0. The lowest BCUT2D eigenvalue weighted by molar-refractivity contribution is 0.166. The molecule has 0 amide bonds. The van der Waals surface area contributed by atoms with E-state index >= 15 is 0 Å². The summed E-state index contributed by atoms with van der Waals surface area (Å²) in [4.78, 5) is 0. The van der Waals surface area contributed by atoms with Crippen molar-refractivity contribution in [2.45, 2.75) is 65.9 Å². The molecule has 1 N–H and O–H groups in total. The van der Waals surface area contributed by atoms with E-state index in [2.05, 4.69) is 52.0 Å². The van der Waals surface area contributed by atoms with Crippen molar-refractivity contribution in [1.29, 1.82) is 0 Å². The Hall–Kier alpha value is -1.34. The van der Waals surface area contributed by atoms with Crippen LogP contribution in [0.15, 0.2) is 41.5 Å². The first kappa shape index (κ1) is 17.0. The Morgan fingerprint density at radius 2 is 2.05 bits per heavy atom. The average Bonchev–Trinajstić information content (AvgIpc) is 2.46. The predicted molar refractivity (Wildman–Crippen MR) is 95.7 cm³/mol. The number of rotatable bonds is 5. The van der Waals surface area contributed by atoms with Crippen molar-refractivity contribution in [1.82, 2.24) is 0 Å². The summed E-state index contributed by atoms with van der Waals surface area (Å²) in [5, 5.41) is 10.2. The van der Waals surface area contributed by atoms with Gasteiger partial charge in [-0.15, -0.1) is 0 Å². The van der Waals surface area contributed by atoms with Gasteiger partial charge in [-0.05, 0) is 60.8 Å². The number of aliphatic hydroxyl groups excluding tert-OH is 1. The maximum atomic E-state index is 10.2. The minimum atomic E-state index is -0.342. The maximum Gasteiger partial charge on any atom is 0.0790 e. The van der Waals surface area contributed by atoms with Gasteiger partial charge in [0.2, 0.25) is 0 Å². The normalized spacial score (nSPS) is 19.7. The minimum Gasteiger partial charge on any atom is -0.388 e. The summed E-state index contributed by atoms with van der Waals surface area (Å²) in [6.45, 7) is 9.06. The third-order valence-electron chi connectivity index (χ3n) is 4.84. The van der Waals surface area contributed by atoms with Crippen LogP contribution in [0.5, 0.6) is 0 Å². The summed E-state index contributed by atoms with van der Waals surface area (Å²) in [7, 11) is 0. The summed E-state index contributed by atoms with van der Waals surface area (Å²) >= 11 is 0. The van der Waals surface area contributed by atoms with Crippen LogP contribution in [0, 0.1) is 5.41 Å². The fraction of sp³-hybridized carbons (Fsp3) is 0.524. The van der Waals surface area contributed by atoms with Gasteiger partial charge in [0, 0.05) is 0 Å². The molecule has 1 nitrogen and oxygen atoms in total.